The number of rotatable bonds is 5. The van der Waals surface area contributed by atoms with Crippen LogP contribution in [0.25, 0.3) is 0 Å². The summed E-state index contributed by atoms with van der Waals surface area (Å²) in [6.45, 7) is 4.63. The summed E-state index contributed by atoms with van der Waals surface area (Å²) in [5, 5.41) is 7.53. The second kappa shape index (κ2) is 6.72. The Hall–Kier alpha value is -1.88. The molecule has 1 saturated heterocycles. The van der Waals surface area contributed by atoms with Gasteiger partial charge in [-0.2, -0.15) is 0 Å². The number of hydrogen-bond acceptors (Lipinski definition) is 4. The Morgan fingerprint density at radius 3 is 2.52 bits per heavy atom. The van der Waals surface area contributed by atoms with Crippen molar-refractivity contribution in [3.63, 3.8) is 0 Å². The summed E-state index contributed by atoms with van der Waals surface area (Å²) in [5.41, 5.74) is 9.07. The Balaban J connectivity index is 2.35. The summed E-state index contributed by atoms with van der Waals surface area (Å²) in [6.07, 6.45) is 1.33. The van der Waals surface area contributed by atoms with Gasteiger partial charge in [-0.15, -0.1) is 5.11 Å². The molecule has 6 heteroatoms. The van der Waals surface area contributed by atoms with Crippen LogP contribution in [0.4, 0.5) is 5.69 Å². The van der Waals surface area contributed by atoms with Crippen molar-refractivity contribution in [1.29, 1.82) is 5.53 Å². The number of nitrogens with zero attached hydrogens (tertiary/aromatic N) is 2. The maximum absolute atomic E-state index is 11.9. The average molecular weight is 307 g/mol. The monoisotopic (exact) mass is 306 g/mol. The first-order chi connectivity index (χ1) is 10.0. The summed E-state index contributed by atoms with van der Waals surface area (Å²) in [5.74, 6) is 0.540. The van der Waals surface area contributed by atoms with Crippen LogP contribution in [0.2, 0.25) is 5.02 Å². The Bertz CT molecular complexity index is 566. The van der Waals surface area contributed by atoms with Gasteiger partial charge in [0.25, 0.3) is 0 Å². The molecule has 0 aliphatic carbocycles. The van der Waals surface area contributed by atoms with Crippen molar-refractivity contribution >= 4 is 23.2 Å². The van der Waals surface area contributed by atoms with E-state index in [1.807, 2.05) is 26.0 Å². The molecule has 21 heavy (non-hydrogen) atoms. The van der Waals surface area contributed by atoms with Crippen molar-refractivity contribution in [2.75, 3.05) is 11.9 Å². The molecule has 1 aliphatic heterocycles. The minimum Gasteiger partial charge on any atom is -0.356 e. The maximum atomic E-state index is 11.9. The molecular weight excluding hydrogens is 288 g/mol. The summed E-state index contributed by atoms with van der Waals surface area (Å²) < 4.78 is 0. The number of hydrogen-bond donors (Lipinski definition) is 2. The first-order valence-electron chi connectivity index (χ1n) is 6.97. The predicted molar refractivity (Wildman–Crippen MR) is 83.0 cm³/mol. The lowest BCUT2D eigenvalue weighted by atomic mass is 10.1. The van der Waals surface area contributed by atoms with E-state index < -0.39 is 0 Å². The average Bonchev–Trinajstić information content (AvgIpc) is 2.87. The molecule has 0 radical (unpaired) electrons. The van der Waals surface area contributed by atoms with E-state index in [0.29, 0.717) is 23.8 Å². The standard InChI is InChI=1S/C15H19ClN4O/c1-10(2)14(18-12-7-5-11(16)6-8-12)15(19-17)20-9-3-4-13(20)21/h5-8,10,17-18H,3-4,9H2,1-2H3/b15-14+,19-17?. The van der Waals surface area contributed by atoms with Crippen molar-refractivity contribution in [3.8, 4) is 0 Å². The lowest BCUT2D eigenvalue weighted by Crippen LogP contribution is -2.27. The van der Waals surface area contributed by atoms with Gasteiger partial charge in [0.15, 0.2) is 5.82 Å². The van der Waals surface area contributed by atoms with Crippen molar-refractivity contribution in [2.45, 2.75) is 26.7 Å². The molecule has 0 atom stereocenters. The fourth-order valence-corrected chi connectivity index (χ4v) is 2.41. The lowest BCUT2D eigenvalue weighted by molar-refractivity contribution is -0.126. The molecule has 0 saturated carbocycles. The third-order valence-corrected chi connectivity index (χ3v) is 3.63. The van der Waals surface area contributed by atoms with Crippen molar-refractivity contribution in [2.24, 2.45) is 11.0 Å². The molecule has 0 unspecified atom stereocenters. The molecule has 1 aromatic rings. The van der Waals surface area contributed by atoms with Crippen molar-refractivity contribution < 1.29 is 4.79 Å². The molecule has 1 fully saturated rings. The van der Waals surface area contributed by atoms with Crippen LogP contribution in [0.3, 0.4) is 0 Å². The maximum Gasteiger partial charge on any atom is 0.228 e. The van der Waals surface area contributed by atoms with Gasteiger partial charge in [-0.3, -0.25) is 9.69 Å². The normalized spacial score (nSPS) is 16.2. The molecule has 1 aromatic carbocycles. The van der Waals surface area contributed by atoms with Gasteiger partial charge in [0.2, 0.25) is 5.91 Å². The molecule has 2 N–H and O–H groups in total. The van der Waals surface area contributed by atoms with Gasteiger partial charge in [-0.05, 0) is 36.6 Å². The number of carbonyl (C=O) groups excluding carboxylic acids is 1. The van der Waals surface area contributed by atoms with E-state index in [4.69, 9.17) is 17.1 Å². The van der Waals surface area contributed by atoms with E-state index in [-0.39, 0.29) is 11.8 Å². The smallest absolute Gasteiger partial charge is 0.228 e. The molecule has 1 aliphatic rings. The van der Waals surface area contributed by atoms with Gasteiger partial charge in [0.05, 0.1) is 5.70 Å². The van der Waals surface area contributed by atoms with Crippen LogP contribution in [0.1, 0.15) is 26.7 Å². The molecule has 5 nitrogen and oxygen atoms in total. The van der Waals surface area contributed by atoms with Crippen LogP contribution in [-0.2, 0) is 4.79 Å². The fourth-order valence-electron chi connectivity index (χ4n) is 2.29. The highest BCUT2D eigenvalue weighted by molar-refractivity contribution is 6.30. The van der Waals surface area contributed by atoms with Gasteiger partial charge in [-0.1, -0.05) is 25.4 Å². The quantitative estimate of drug-likeness (QED) is 0.799. The van der Waals surface area contributed by atoms with Crippen LogP contribution in [0.5, 0.6) is 0 Å². The lowest BCUT2D eigenvalue weighted by Gasteiger charge is -2.22. The molecule has 0 aromatic heterocycles. The largest absolute Gasteiger partial charge is 0.356 e. The number of amides is 1. The number of benzene rings is 1. The van der Waals surface area contributed by atoms with Crippen molar-refractivity contribution in [1.82, 2.24) is 4.90 Å². The van der Waals surface area contributed by atoms with E-state index in [2.05, 4.69) is 10.4 Å². The van der Waals surface area contributed by atoms with Crippen molar-refractivity contribution in [3.05, 3.63) is 40.8 Å². The Kier molecular flexibility index (Phi) is 4.96. The third kappa shape index (κ3) is 3.61. The molecule has 1 heterocycles. The van der Waals surface area contributed by atoms with Gasteiger partial charge in [0.1, 0.15) is 0 Å². The molecule has 1 amide bonds. The number of nitrogens with one attached hydrogen (secondary N) is 2. The first kappa shape index (κ1) is 15.5. The zero-order valence-electron chi connectivity index (χ0n) is 12.2. The Morgan fingerprint density at radius 2 is 2.05 bits per heavy atom. The number of allylic oxidation sites excluding steroid dienone is 1. The second-order valence-electron chi connectivity index (χ2n) is 5.28. The minimum absolute atomic E-state index is 0.0251. The SMILES string of the molecule is CC(C)/C(Nc1ccc(Cl)cc1)=C(/N=N)N1CCCC1=O. The fraction of sp³-hybridized carbons (Fsp3) is 0.400. The summed E-state index contributed by atoms with van der Waals surface area (Å²) >= 11 is 5.88. The minimum atomic E-state index is 0.0251. The first-order valence-corrected chi connectivity index (χ1v) is 7.35. The highest BCUT2D eigenvalue weighted by atomic mass is 35.5. The number of carbonyl (C=O) groups is 1. The van der Waals surface area contributed by atoms with Crippen LogP contribution >= 0.6 is 11.6 Å². The van der Waals surface area contributed by atoms with Gasteiger partial charge in [-0.25, -0.2) is 5.53 Å². The Morgan fingerprint density at radius 1 is 1.38 bits per heavy atom. The predicted octanol–water partition coefficient (Wildman–Crippen LogP) is 4.23. The van der Waals surface area contributed by atoms with Crippen LogP contribution in [0, 0.1) is 11.4 Å². The number of halogens is 1. The third-order valence-electron chi connectivity index (χ3n) is 3.38. The van der Waals surface area contributed by atoms with Gasteiger partial charge in [0, 0.05) is 23.7 Å². The molecular formula is C15H19ClN4O. The Labute approximate surface area is 129 Å². The molecule has 0 spiro atoms. The molecule has 2 rings (SSSR count). The summed E-state index contributed by atoms with van der Waals surface area (Å²) in [4.78, 5) is 13.5. The van der Waals surface area contributed by atoms with Crippen LogP contribution in [-0.4, -0.2) is 17.4 Å². The molecule has 0 bridgehead atoms. The number of anilines is 1. The molecule has 112 valence electrons. The van der Waals surface area contributed by atoms with E-state index in [9.17, 15) is 4.79 Å². The number of likely N-dealkylation sites (tertiary alicyclic amines) is 1. The van der Waals surface area contributed by atoms with E-state index in [1.54, 1.807) is 17.0 Å². The van der Waals surface area contributed by atoms with Gasteiger partial charge < -0.3 is 5.32 Å². The van der Waals surface area contributed by atoms with E-state index in [1.165, 1.54) is 0 Å². The van der Waals surface area contributed by atoms with Crippen LogP contribution in [0.15, 0.2) is 40.9 Å². The zero-order valence-corrected chi connectivity index (χ0v) is 12.9. The van der Waals surface area contributed by atoms with E-state index >= 15 is 0 Å². The second-order valence-corrected chi connectivity index (χ2v) is 5.72. The van der Waals surface area contributed by atoms with Gasteiger partial charge >= 0.3 is 0 Å². The van der Waals surface area contributed by atoms with E-state index in [0.717, 1.165) is 17.8 Å². The summed E-state index contributed by atoms with van der Waals surface area (Å²) in [7, 11) is 0. The summed E-state index contributed by atoms with van der Waals surface area (Å²) in [6, 6.07) is 7.30. The highest BCUT2D eigenvalue weighted by Crippen LogP contribution is 2.26. The topological polar surface area (TPSA) is 68.6 Å². The van der Waals surface area contributed by atoms with Crippen LogP contribution < -0.4 is 5.32 Å². The zero-order chi connectivity index (χ0) is 15.4. The highest BCUT2D eigenvalue weighted by Gasteiger charge is 2.27.